The molecule has 2 aromatic carbocycles. The van der Waals surface area contributed by atoms with Gasteiger partial charge in [-0.25, -0.2) is 0 Å². The Morgan fingerprint density at radius 1 is 1.00 bits per heavy atom. The first-order valence-electron chi connectivity index (χ1n) is 5.87. The molecule has 1 aliphatic rings. The third kappa shape index (κ3) is 2.01. The Morgan fingerprint density at radius 3 is 1.84 bits per heavy atom. The fraction of sp³-hybridized carbons (Fsp3) is 0.133. The average molecular weight is 276 g/mol. The van der Waals surface area contributed by atoms with E-state index < -0.39 is 12.0 Å². The summed E-state index contributed by atoms with van der Waals surface area (Å²) in [4.78, 5) is 11.2. The van der Waals surface area contributed by atoms with Crippen LogP contribution in [0.2, 0.25) is 0 Å². The smallest absolute Gasteiger partial charge is 0.321 e. The van der Waals surface area contributed by atoms with Crippen LogP contribution in [0.1, 0.15) is 17.0 Å². The topological polar surface area (TPSA) is 63.3 Å². The van der Waals surface area contributed by atoms with Crippen LogP contribution in [0.4, 0.5) is 0 Å². The number of halogens is 1. The van der Waals surface area contributed by atoms with Gasteiger partial charge in [-0.15, -0.1) is 12.4 Å². The third-order valence-corrected chi connectivity index (χ3v) is 3.53. The Hall–Kier alpha value is -1.84. The number of carboxylic acid groups (broad SMARTS) is 1. The molecule has 2 aromatic rings. The SMILES string of the molecule is Cl.NC(C(=O)O)C1c2ccccc2-c2ccccc21. The Kier molecular flexibility index (Phi) is 3.60. The van der Waals surface area contributed by atoms with Crippen LogP contribution in [0.25, 0.3) is 11.1 Å². The van der Waals surface area contributed by atoms with Gasteiger partial charge in [-0.1, -0.05) is 48.5 Å². The van der Waals surface area contributed by atoms with Gasteiger partial charge >= 0.3 is 5.97 Å². The Labute approximate surface area is 117 Å². The van der Waals surface area contributed by atoms with Gasteiger partial charge in [0, 0.05) is 5.92 Å². The van der Waals surface area contributed by atoms with E-state index in [-0.39, 0.29) is 18.3 Å². The molecular formula is C15H14ClNO2. The van der Waals surface area contributed by atoms with Gasteiger partial charge in [-0.3, -0.25) is 4.79 Å². The molecule has 98 valence electrons. The van der Waals surface area contributed by atoms with E-state index in [1.807, 2.05) is 48.5 Å². The predicted molar refractivity (Wildman–Crippen MR) is 76.6 cm³/mol. The van der Waals surface area contributed by atoms with E-state index in [0.717, 1.165) is 22.3 Å². The molecule has 0 fully saturated rings. The summed E-state index contributed by atoms with van der Waals surface area (Å²) in [7, 11) is 0. The number of carbonyl (C=O) groups is 1. The third-order valence-electron chi connectivity index (χ3n) is 3.53. The van der Waals surface area contributed by atoms with Crippen molar-refractivity contribution in [2.24, 2.45) is 5.73 Å². The lowest BCUT2D eigenvalue weighted by Crippen LogP contribution is -2.36. The number of hydrogen-bond acceptors (Lipinski definition) is 2. The minimum Gasteiger partial charge on any atom is -0.480 e. The van der Waals surface area contributed by atoms with Gasteiger partial charge in [0.05, 0.1) is 0 Å². The molecule has 1 atom stereocenters. The molecule has 0 spiro atoms. The van der Waals surface area contributed by atoms with Gasteiger partial charge in [0.1, 0.15) is 6.04 Å². The van der Waals surface area contributed by atoms with Crippen molar-refractivity contribution in [1.29, 1.82) is 0 Å². The second-order valence-electron chi connectivity index (χ2n) is 4.52. The predicted octanol–water partition coefficient (Wildman–Crippen LogP) is 2.63. The highest BCUT2D eigenvalue weighted by molar-refractivity contribution is 5.85. The highest BCUT2D eigenvalue weighted by atomic mass is 35.5. The van der Waals surface area contributed by atoms with E-state index in [1.54, 1.807) is 0 Å². The minimum absolute atomic E-state index is 0. The maximum absolute atomic E-state index is 11.2. The molecule has 4 heteroatoms. The second-order valence-corrected chi connectivity index (χ2v) is 4.52. The van der Waals surface area contributed by atoms with Gasteiger partial charge in [0.25, 0.3) is 0 Å². The summed E-state index contributed by atoms with van der Waals surface area (Å²) in [5.74, 6) is -1.22. The van der Waals surface area contributed by atoms with Crippen LogP contribution >= 0.6 is 12.4 Å². The average Bonchev–Trinajstić information content (AvgIpc) is 2.72. The van der Waals surface area contributed by atoms with Crippen molar-refractivity contribution in [3.63, 3.8) is 0 Å². The molecule has 0 saturated heterocycles. The van der Waals surface area contributed by atoms with Crippen LogP contribution < -0.4 is 5.73 Å². The molecule has 0 aliphatic heterocycles. The lowest BCUT2D eigenvalue weighted by molar-refractivity contribution is -0.138. The number of nitrogens with two attached hydrogens (primary N) is 1. The molecule has 3 N–H and O–H groups in total. The van der Waals surface area contributed by atoms with Crippen molar-refractivity contribution < 1.29 is 9.90 Å². The quantitative estimate of drug-likeness (QED) is 0.886. The van der Waals surface area contributed by atoms with E-state index in [1.165, 1.54) is 0 Å². The molecule has 1 aliphatic carbocycles. The first-order valence-corrected chi connectivity index (χ1v) is 5.87. The highest BCUT2D eigenvalue weighted by Crippen LogP contribution is 2.45. The molecule has 0 radical (unpaired) electrons. The van der Waals surface area contributed by atoms with E-state index in [4.69, 9.17) is 10.8 Å². The summed E-state index contributed by atoms with van der Waals surface area (Å²) in [6.45, 7) is 0. The van der Waals surface area contributed by atoms with Gasteiger partial charge < -0.3 is 10.8 Å². The molecule has 3 rings (SSSR count). The Morgan fingerprint density at radius 2 is 1.42 bits per heavy atom. The van der Waals surface area contributed by atoms with Crippen LogP contribution in [-0.2, 0) is 4.79 Å². The molecule has 0 bridgehead atoms. The summed E-state index contributed by atoms with van der Waals surface area (Å²) in [5.41, 5.74) is 10.1. The fourth-order valence-electron chi connectivity index (χ4n) is 2.72. The summed E-state index contributed by atoms with van der Waals surface area (Å²) in [6.07, 6.45) is 0. The van der Waals surface area contributed by atoms with Crippen molar-refractivity contribution in [3.8, 4) is 11.1 Å². The van der Waals surface area contributed by atoms with Gasteiger partial charge in [-0.2, -0.15) is 0 Å². The fourth-order valence-corrected chi connectivity index (χ4v) is 2.72. The van der Waals surface area contributed by atoms with E-state index in [2.05, 4.69) is 0 Å². The Bertz CT molecular complexity index is 582. The van der Waals surface area contributed by atoms with Crippen molar-refractivity contribution in [2.75, 3.05) is 0 Å². The monoisotopic (exact) mass is 275 g/mol. The van der Waals surface area contributed by atoms with Crippen molar-refractivity contribution in [1.82, 2.24) is 0 Å². The van der Waals surface area contributed by atoms with E-state index >= 15 is 0 Å². The molecule has 1 unspecified atom stereocenters. The number of fused-ring (bicyclic) bond motifs is 3. The molecule has 0 saturated carbocycles. The van der Waals surface area contributed by atoms with Crippen molar-refractivity contribution in [2.45, 2.75) is 12.0 Å². The zero-order valence-corrected chi connectivity index (χ0v) is 10.9. The summed E-state index contributed by atoms with van der Waals surface area (Å²) in [6, 6.07) is 14.8. The summed E-state index contributed by atoms with van der Waals surface area (Å²) < 4.78 is 0. The highest BCUT2D eigenvalue weighted by Gasteiger charge is 2.35. The number of rotatable bonds is 2. The zero-order valence-electron chi connectivity index (χ0n) is 10.1. The molecule has 0 heterocycles. The second kappa shape index (κ2) is 5.03. The lowest BCUT2D eigenvalue weighted by Gasteiger charge is -2.17. The maximum atomic E-state index is 11.2. The van der Waals surface area contributed by atoms with E-state index in [9.17, 15) is 4.79 Å². The van der Waals surface area contributed by atoms with Gasteiger partial charge in [0.15, 0.2) is 0 Å². The van der Waals surface area contributed by atoms with Crippen LogP contribution in [0.3, 0.4) is 0 Å². The standard InChI is InChI=1S/C15H13NO2.ClH/c16-14(15(17)18)13-11-7-3-1-5-9(11)10-6-2-4-8-12(10)13;/h1-8,13-14H,16H2,(H,17,18);1H. The van der Waals surface area contributed by atoms with Gasteiger partial charge in [-0.05, 0) is 22.3 Å². The molecule has 19 heavy (non-hydrogen) atoms. The lowest BCUT2D eigenvalue weighted by atomic mass is 9.90. The summed E-state index contributed by atoms with van der Waals surface area (Å²) >= 11 is 0. The van der Waals surface area contributed by atoms with Crippen LogP contribution in [0, 0.1) is 0 Å². The first-order chi connectivity index (χ1) is 8.70. The minimum atomic E-state index is -0.966. The molecule has 0 aromatic heterocycles. The van der Waals surface area contributed by atoms with Crippen LogP contribution in [-0.4, -0.2) is 17.1 Å². The van der Waals surface area contributed by atoms with Crippen molar-refractivity contribution in [3.05, 3.63) is 59.7 Å². The normalized spacial score (nSPS) is 14.2. The largest absolute Gasteiger partial charge is 0.480 e. The number of aliphatic carboxylic acids is 1. The maximum Gasteiger partial charge on any atom is 0.321 e. The van der Waals surface area contributed by atoms with Crippen LogP contribution in [0.15, 0.2) is 48.5 Å². The zero-order chi connectivity index (χ0) is 12.7. The molecule has 0 amide bonds. The van der Waals surface area contributed by atoms with Crippen molar-refractivity contribution >= 4 is 18.4 Å². The Balaban J connectivity index is 0.00000133. The number of carboxylic acids is 1. The van der Waals surface area contributed by atoms with Gasteiger partial charge in [0.2, 0.25) is 0 Å². The van der Waals surface area contributed by atoms with E-state index in [0.29, 0.717) is 0 Å². The molecule has 3 nitrogen and oxygen atoms in total. The van der Waals surface area contributed by atoms with Crippen LogP contribution in [0.5, 0.6) is 0 Å². The summed E-state index contributed by atoms with van der Waals surface area (Å²) in [5, 5.41) is 9.17. The number of benzene rings is 2. The number of hydrogen-bond donors (Lipinski definition) is 2. The first kappa shape index (κ1) is 13.6. The molecular weight excluding hydrogens is 262 g/mol.